The van der Waals surface area contributed by atoms with Crippen LogP contribution in [-0.2, 0) is 25.0 Å². The molecule has 0 spiro atoms. The van der Waals surface area contributed by atoms with Crippen LogP contribution < -0.4 is 5.32 Å². The number of aryl methyl sites for hydroxylation is 1. The van der Waals surface area contributed by atoms with Crippen LogP contribution in [-0.4, -0.2) is 55.2 Å². The van der Waals surface area contributed by atoms with Crippen molar-refractivity contribution in [3.63, 3.8) is 0 Å². The summed E-state index contributed by atoms with van der Waals surface area (Å²) >= 11 is 3.31. The largest absolute Gasteiger partial charge is 0.383 e. The van der Waals surface area contributed by atoms with Crippen LogP contribution >= 0.6 is 15.9 Å². The van der Waals surface area contributed by atoms with E-state index in [1.807, 2.05) is 58.0 Å². The molecule has 1 amide bonds. The van der Waals surface area contributed by atoms with Gasteiger partial charge in [-0.15, -0.1) is 0 Å². The van der Waals surface area contributed by atoms with Crippen molar-refractivity contribution in [1.82, 2.24) is 14.1 Å². The lowest BCUT2D eigenvalue weighted by molar-refractivity contribution is -0.116. The number of rotatable bonds is 9. The second-order valence-electron chi connectivity index (χ2n) is 9.25. The Hall–Kier alpha value is -2.53. The number of carbonyl (C=O) groups is 1. The van der Waals surface area contributed by atoms with Crippen molar-refractivity contribution in [3.05, 3.63) is 70.3 Å². The Morgan fingerprint density at radius 3 is 2.43 bits per heavy atom. The van der Waals surface area contributed by atoms with Crippen molar-refractivity contribution in [1.29, 1.82) is 0 Å². The Morgan fingerprint density at radius 2 is 1.83 bits per heavy atom. The third-order valence-corrected chi connectivity index (χ3v) is 7.70. The van der Waals surface area contributed by atoms with E-state index in [2.05, 4.69) is 21.2 Å². The number of halogens is 1. The molecule has 188 valence electrons. The normalized spacial score (nSPS) is 12.2. The molecule has 0 fully saturated rings. The Kier molecular flexibility index (Phi) is 8.53. The predicted molar refractivity (Wildman–Crippen MR) is 140 cm³/mol. The smallest absolute Gasteiger partial charge is 0.243 e. The summed E-state index contributed by atoms with van der Waals surface area (Å²) in [5.74, 6) is -0.00527. The summed E-state index contributed by atoms with van der Waals surface area (Å²) < 4.78 is 35.2. The first kappa shape index (κ1) is 27.1. The van der Waals surface area contributed by atoms with E-state index in [-0.39, 0.29) is 30.0 Å². The van der Waals surface area contributed by atoms with Crippen LogP contribution in [0.3, 0.4) is 0 Å². The molecule has 0 aliphatic carbocycles. The van der Waals surface area contributed by atoms with Gasteiger partial charge in [0.25, 0.3) is 0 Å². The molecule has 1 N–H and O–H groups in total. The highest BCUT2D eigenvalue weighted by Crippen LogP contribution is 2.27. The number of carbonyl (C=O) groups excluding carboxylic acids is 1. The lowest BCUT2D eigenvalue weighted by Crippen LogP contribution is -2.40. The van der Waals surface area contributed by atoms with E-state index in [9.17, 15) is 13.2 Å². The fourth-order valence-electron chi connectivity index (χ4n) is 3.37. The number of anilines is 1. The molecule has 0 bridgehead atoms. The van der Waals surface area contributed by atoms with Crippen LogP contribution in [0.25, 0.3) is 5.69 Å². The van der Waals surface area contributed by atoms with Crippen molar-refractivity contribution in [2.45, 2.75) is 38.0 Å². The molecule has 0 atom stereocenters. The summed E-state index contributed by atoms with van der Waals surface area (Å²) in [7, 11) is -2.43. The van der Waals surface area contributed by atoms with Crippen molar-refractivity contribution in [2.75, 3.05) is 32.1 Å². The molecular formula is C25H31BrN4O4S. The molecule has 10 heteroatoms. The number of ether oxygens (including phenoxy) is 1. The van der Waals surface area contributed by atoms with Crippen molar-refractivity contribution < 1.29 is 17.9 Å². The molecule has 3 aromatic rings. The van der Waals surface area contributed by atoms with Gasteiger partial charge >= 0.3 is 0 Å². The summed E-state index contributed by atoms with van der Waals surface area (Å²) in [6.45, 7) is 7.92. The maximum absolute atomic E-state index is 13.3. The highest BCUT2D eigenvalue weighted by molar-refractivity contribution is 9.10. The third kappa shape index (κ3) is 6.78. The zero-order valence-corrected chi connectivity index (χ0v) is 23.0. The first-order valence-corrected chi connectivity index (χ1v) is 13.4. The number of amides is 1. The molecule has 1 aromatic heterocycles. The Balaban J connectivity index is 1.91. The van der Waals surface area contributed by atoms with Gasteiger partial charge in [-0.1, -0.05) is 48.8 Å². The quantitative estimate of drug-likeness (QED) is 0.414. The van der Waals surface area contributed by atoms with Crippen molar-refractivity contribution >= 4 is 37.7 Å². The summed E-state index contributed by atoms with van der Waals surface area (Å²) in [5.41, 5.74) is 2.41. The summed E-state index contributed by atoms with van der Waals surface area (Å²) in [6.07, 6.45) is 0. The fraction of sp³-hybridized carbons (Fsp3) is 0.360. The molecule has 0 unspecified atom stereocenters. The van der Waals surface area contributed by atoms with Gasteiger partial charge < -0.3 is 10.1 Å². The molecule has 0 saturated heterocycles. The number of hydrogen-bond donors (Lipinski definition) is 1. The SMILES string of the molecule is COCCN(CC(=O)Nc1cc(C(C)(C)C)nn1-c1cccc(C)c1)S(=O)(=O)c1ccc(Br)cc1. The van der Waals surface area contributed by atoms with Crippen LogP contribution in [0.1, 0.15) is 32.0 Å². The van der Waals surface area contributed by atoms with Gasteiger partial charge in [0.2, 0.25) is 15.9 Å². The number of nitrogens with zero attached hydrogens (tertiary/aromatic N) is 3. The molecule has 35 heavy (non-hydrogen) atoms. The average molecular weight is 564 g/mol. The monoisotopic (exact) mass is 562 g/mol. The highest BCUT2D eigenvalue weighted by atomic mass is 79.9. The zero-order valence-electron chi connectivity index (χ0n) is 20.6. The Bertz CT molecular complexity index is 1280. The highest BCUT2D eigenvalue weighted by Gasteiger charge is 2.28. The van der Waals surface area contributed by atoms with Gasteiger partial charge in [0.1, 0.15) is 5.82 Å². The van der Waals surface area contributed by atoms with E-state index in [0.717, 1.165) is 25.7 Å². The minimum absolute atomic E-state index is 0.0344. The van der Waals surface area contributed by atoms with Gasteiger partial charge in [0.15, 0.2) is 0 Å². The number of aromatic nitrogens is 2. The van der Waals surface area contributed by atoms with Gasteiger partial charge in [-0.3, -0.25) is 4.79 Å². The van der Waals surface area contributed by atoms with Gasteiger partial charge in [0.05, 0.1) is 29.4 Å². The first-order valence-electron chi connectivity index (χ1n) is 11.1. The second-order valence-corrected chi connectivity index (χ2v) is 12.1. The molecule has 0 aliphatic heterocycles. The lowest BCUT2D eigenvalue weighted by atomic mass is 9.92. The lowest BCUT2D eigenvalue weighted by Gasteiger charge is -2.21. The number of hydrogen-bond acceptors (Lipinski definition) is 5. The summed E-state index contributed by atoms with van der Waals surface area (Å²) in [5, 5.41) is 7.59. The summed E-state index contributed by atoms with van der Waals surface area (Å²) in [4.78, 5) is 13.2. The fourth-order valence-corrected chi connectivity index (χ4v) is 5.01. The molecular weight excluding hydrogens is 532 g/mol. The predicted octanol–water partition coefficient (Wildman–Crippen LogP) is 4.52. The minimum Gasteiger partial charge on any atom is -0.383 e. The zero-order chi connectivity index (χ0) is 25.8. The van der Waals surface area contributed by atoms with Crippen LogP contribution in [0.15, 0.2) is 64.0 Å². The van der Waals surface area contributed by atoms with Gasteiger partial charge in [-0.25, -0.2) is 13.1 Å². The van der Waals surface area contributed by atoms with Crippen molar-refractivity contribution in [2.24, 2.45) is 0 Å². The van der Waals surface area contributed by atoms with E-state index < -0.39 is 15.9 Å². The van der Waals surface area contributed by atoms with Crippen LogP contribution in [0.4, 0.5) is 5.82 Å². The maximum atomic E-state index is 13.3. The van der Waals surface area contributed by atoms with Crippen LogP contribution in [0, 0.1) is 6.92 Å². The number of sulfonamides is 1. The van der Waals surface area contributed by atoms with Gasteiger partial charge in [-0.2, -0.15) is 9.40 Å². The Labute approximate surface area is 215 Å². The number of benzene rings is 2. The molecule has 8 nitrogen and oxygen atoms in total. The van der Waals surface area contributed by atoms with Gasteiger partial charge in [0, 0.05) is 29.6 Å². The molecule has 0 radical (unpaired) electrons. The standard InChI is InChI=1S/C25H31BrN4O4S/c1-18-7-6-8-20(15-18)30-23(16-22(28-30)25(2,3)4)27-24(31)17-29(13-14-34-5)35(32,33)21-11-9-19(26)10-12-21/h6-12,15-16H,13-14,17H2,1-5H3,(H,27,31). The summed E-state index contributed by atoms with van der Waals surface area (Å²) in [6, 6.07) is 15.9. The molecule has 1 heterocycles. The minimum atomic E-state index is -3.91. The van der Waals surface area contributed by atoms with E-state index in [1.165, 1.54) is 19.2 Å². The maximum Gasteiger partial charge on any atom is 0.243 e. The molecule has 0 aliphatic rings. The van der Waals surface area contributed by atoms with Crippen molar-refractivity contribution in [3.8, 4) is 5.69 Å². The third-order valence-electron chi connectivity index (χ3n) is 5.31. The van der Waals surface area contributed by atoms with E-state index in [4.69, 9.17) is 9.84 Å². The molecule has 3 rings (SSSR count). The average Bonchev–Trinajstić information content (AvgIpc) is 3.21. The molecule has 0 saturated carbocycles. The topological polar surface area (TPSA) is 93.5 Å². The first-order chi connectivity index (χ1) is 16.4. The van der Waals surface area contributed by atoms with E-state index in [0.29, 0.717) is 5.82 Å². The van der Waals surface area contributed by atoms with E-state index in [1.54, 1.807) is 16.8 Å². The molecule has 2 aromatic carbocycles. The number of nitrogens with one attached hydrogen (secondary N) is 1. The van der Waals surface area contributed by atoms with Crippen LogP contribution in [0.2, 0.25) is 0 Å². The van der Waals surface area contributed by atoms with Crippen LogP contribution in [0.5, 0.6) is 0 Å². The Morgan fingerprint density at radius 1 is 1.14 bits per heavy atom. The van der Waals surface area contributed by atoms with Gasteiger partial charge in [-0.05, 0) is 48.9 Å². The van der Waals surface area contributed by atoms with E-state index >= 15 is 0 Å². The second kappa shape index (κ2) is 11.0. The number of methoxy groups -OCH3 is 1.